The van der Waals surface area contributed by atoms with Gasteiger partial charge in [-0.3, -0.25) is 18.1 Å². The van der Waals surface area contributed by atoms with Gasteiger partial charge in [0.1, 0.15) is 35.3 Å². The van der Waals surface area contributed by atoms with Crippen molar-refractivity contribution in [2.24, 2.45) is 0 Å². The minimum atomic E-state index is -4.21. The molecule has 0 aliphatic carbocycles. The molecule has 0 saturated carbocycles. The van der Waals surface area contributed by atoms with E-state index < -0.39 is 61.9 Å². The van der Waals surface area contributed by atoms with E-state index in [1.807, 2.05) is 0 Å². The maximum Gasteiger partial charge on any atom is 0.475 e. The van der Waals surface area contributed by atoms with Crippen LogP contribution in [-0.2, 0) is 22.9 Å². The molecule has 0 spiro atoms. The van der Waals surface area contributed by atoms with E-state index in [0.29, 0.717) is 6.07 Å². The van der Waals surface area contributed by atoms with E-state index >= 15 is 0 Å². The van der Waals surface area contributed by atoms with Gasteiger partial charge < -0.3 is 20.7 Å². The van der Waals surface area contributed by atoms with Gasteiger partial charge in [-0.25, -0.2) is 18.1 Å². The van der Waals surface area contributed by atoms with Gasteiger partial charge in [-0.05, 0) is 30.7 Å². The summed E-state index contributed by atoms with van der Waals surface area (Å²) in [5, 5.41) is 21.3. The molecule has 2 saturated heterocycles. The summed E-state index contributed by atoms with van der Waals surface area (Å²) >= 11 is 0. The van der Waals surface area contributed by atoms with Crippen LogP contribution in [0.25, 0.3) is 0 Å². The zero-order valence-corrected chi connectivity index (χ0v) is 18.2. The number of phosphoric ester groups is 1. The molecule has 4 N–H and O–H groups in total. The summed E-state index contributed by atoms with van der Waals surface area (Å²) in [7, 11) is -4.21. The van der Waals surface area contributed by atoms with Crippen LogP contribution in [0.1, 0.15) is 31.2 Å². The molecule has 6 atom stereocenters. The highest BCUT2D eigenvalue weighted by Crippen LogP contribution is 2.57. The standard InChI is InChI=1S/C19H22F2N3O8P/c1-19(27)16(25)14(31-17(19)24-4-2-15(22)23-18(24)26)9-30-33(28)29-5-3-13(32-33)10-6-11(20)8-12(21)7-10/h2,4,6-8,13-14,16-17,25,27H,3,5,9H2,1H3,(H2,22,23,26)/t13-,14+,16+,17+,19+,33?/m0/s1. The molecule has 0 radical (unpaired) electrons. The predicted octanol–water partition coefficient (Wildman–Crippen LogP) is 1.42. The van der Waals surface area contributed by atoms with Gasteiger partial charge in [0.2, 0.25) is 0 Å². The highest BCUT2D eigenvalue weighted by Gasteiger charge is 2.54. The Morgan fingerprint density at radius 2 is 2.06 bits per heavy atom. The number of hydrogen-bond acceptors (Lipinski definition) is 10. The van der Waals surface area contributed by atoms with E-state index in [1.54, 1.807) is 0 Å². The zero-order valence-electron chi connectivity index (χ0n) is 17.3. The number of anilines is 1. The molecule has 2 aliphatic rings. The van der Waals surface area contributed by atoms with Gasteiger partial charge in [-0.2, -0.15) is 4.98 Å². The summed E-state index contributed by atoms with van der Waals surface area (Å²) in [6.07, 6.45) is -3.69. The zero-order chi connectivity index (χ0) is 24.0. The van der Waals surface area contributed by atoms with E-state index in [0.717, 1.165) is 16.7 Å². The van der Waals surface area contributed by atoms with Crippen LogP contribution in [0, 0.1) is 11.6 Å². The average molecular weight is 489 g/mol. The number of rotatable bonds is 5. The van der Waals surface area contributed by atoms with Crippen molar-refractivity contribution in [1.29, 1.82) is 0 Å². The van der Waals surface area contributed by atoms with E-state index in [2.05, 4.69) is 4.98 Å². The summed E-state index contributed by atoms with van der Waals surface area (Å²) in [5.41, 5.74) is 2.83. The molecule has 11 nitrogen and oxygen atoms in total. The second kappa shape index (κ2) is 8.84. The van der Waals surface area contributed by atoms with Crippen molar-refractivity contribution in [2.75, 3.05) is 18.9 Å². The number of nitrogens with zero attached hydrogens (tertiary/aromatic N) is 2. The lowest BCUT2D eigenvalue weighted by Crippen LogP contribution is -2.46. The SMILES string of the molecule is C[C@@]1(O)[C@H](O)[C@@H](COP2(=O)OCC[C@@H](c3cc(F)cc(F)c3)O2)O[C@H]1n1ccc(N)nc1=O. The van der Waals surface area contributed by atoms with Crippen LogP contribution in [-0.4, -0.2) is 50.8 Å². The Bertz CT molecular complexity index is 1130. The molecule has 180 valence electrons. The largest absolute Gasteiger partial charge is 0.475 e. The van der Waals surface area contributed by atoms with Gasteiger partial charge in [0.25, 0.3) is 0 Å². The third-order valence-electron chi connectivity index (χ3n) is 5.40. The first-order chi connectivity index (χ1) is 15.5. The van der Waals surface area contributed by atoms with Crippen LogP contribution in [0.3, 0.4) is 0 Å². The summed E-state index contributed by atoms with van der Waals surface area (Å²) in [6.45, 7) is 0.614. The Labute approximate surface area is 186 Å². The van der Waals surface area contributed by atoms with Crippen LogP contribution in [0.2, 0.25) is 0 Å². The third-order valence-corrected chi connectivity index (χ3v) is 6.87. The molecule has 1 aromatic carbocycles. The monoisotopic (exact) mass is 489 g/mol. The highest BCUT2D eigenvalue weighted by molar-refractivity contribution is 7.48. The van der Waals surface area contributed by atoms with Gasteiger partial charge in [0.15, 0.2) is 6.23 Å². The van der Waals surface area contributed by atoms with Crippen LogP contribution in [0.15, 0.2) is 35.3 Å². The first-order valence-electron chi connectivity index (χ1n) is 9.92. The smallest absolute Gasteiger partial charge is 0.387 e. The first kappa shape index (κ1) is 23.9. The van der Waals surface area contributed by atoms with E-state index in [9.17, 15) is 28.4 Å². The molecule has 2 aromatic rings. The van der Waals surface area contributed by atoms with Crippen molar-refractivity contribution in [3.8, 4) is 0 Å². The van der Waals surface area contributed by atoms with E-state index in [-0.39, 0.29) is 24.4 Å². The van der Waals surface area contributed by atoms with Crippen molar-refractivity contribution < 1.29 is 41.9 Å². The number of hydrogen-bond donors (Lipinski definition) is 3. The van der Waals surface area contributed by atoms with Gasteiger partial charge >= 0.3 is 13.5 Å². The minimum Gasteiger partial charge on any atom is -0.387 e. The fraction of sp³-hybridized carbons (Fsp3) is 0.474. The number of halogens is 2. The molecule has 14 heteroatoms. The predicted molar refractivity (Wildman–Crippen MR) is 108 cm³/mol. The van der Waals surface area contributed by atoms with Gasteiger partial charge in [-0.1, -0.05) is 0 Å². The minimum absolute atomic E-state index is 0.0354. The Balaban J connectivity index is 1.46. The van der Waals surface area contributed by atoms with Gasteiger partial charge in [0.05, 0.1) is 19.3 Å². The number of aliphatic hydroxyl groups excluding tert-OH is 1. The maximum atomic E-state index is 13.5. The molecule has 1 unspecified atom stereocenters. The Hall–Kier alpha value is -2.25. The number of aromatic nitrogens is 2. The number of benzene rings is 1. The molecular formula is C19H22F2N3O8P. The number of nitrogen functional groups attached to an aromatic ring is 1. The van der Waals surface area contributed by atoms with E-state index in [4.69, 9.17) is 24.0 Å². The lowest BCUT2D eigenvalue weighted by molar-refractivity contribution is -0.0989. The fourth-order valence-electron chi connectivity index (χ4n) is 3.71. The highest BCUT2D eigenvalue weighted by atomic mass is 31.2. The first-order valence-corrected chi connectivity index (χ1v) is 11.4. The molecule has 33 heavy (non-hydrogen) atoms. The van der Waals surface area contributed by atoms with Crippen LogP contribution in [0.4, 0.5) is 14.6 Å². The summed E-state index contributed by atoms with van der Waals surface area (Å²) < 4.78 is 62.3. The molecular weight excluding hydrogens is 467 g/mol. The summed E-state index contributed by atoms with van der Waals surface area (Å²) in [6, 6.07) is 4.11. The third kappa shape index (κ3) is 4.85. The summed E-state index contributed by atoms with van der Waals surface area (Å²) in [5.74, 6) is -1.68. The molecule has 2 aliphatic heterocycles. The molecule has 0 amide bonds. The number of nitrogens with two attached hydrogens (primary N) is 1. The molecule has 3 heterocycles. The quantitative estimate of drug-likeness (QED) is 0.525. The second-order valence-corrected chi connectivity index (χ2v) is 9.52. The van der Waals surface area contributed by atoms with Gasteiger partial charge in [0, 0.05) is 18.7 Å². The molecule has 0 bridgehead atoms. The lowest BCUT2D eigenvalue weighted by Gasteiger charge is -2.30. The van der Waals surface area contributed by atoms with Crippen LogP contribution in [0.5, 0.6) is 0 Å². The number of aliphatic hydroxyl groups is 2. The van der Waals surface area contributed by atoms with Crippen molar-refractivity contribution in [3.63, 3.8) is 0 Å². The Morgan fingerprint density at radius 1 is 1.36 bits per heavy atom. The molecule has 1 aromatic heterocycles. The van der Waals surface area contributed by atoms with E-state index in [1.165, 1.54) is 19.2 Å². The number of ether oxygens (including phenoxy) is 1. The molecule has 4 rings (SSSR count). The van der Waals surface area contributed by atoms with Crippen LogP contribution >= 0.6 is 7.82 Å². The fourth-order valence-corrected chi connectivity index (χ4v) is 5.11. The van der Waals surface area contributed by atoms with Crippen molar-refractivity contribution in [1.82, 2.24) is 9.55 Å². The maximum absolute atomic E-state index is 13.5. The summed E-state index contributed by atoms with van der Waals surface area (Å²) in [4.78, 5) is 15.7. The Kier molecular flexibility index (Phi) is 6.40. The van der Waals surface area contributed by atoms with Crippen molar-refractivity contribution in [2.45, 2.75) is 43.5 Å². The lowest BCUT2D eigenvalue weighted by atomic mass is 9.96. The Morgan fingerprint density at radius 3 is 2.73 bits per heavy atom. The second-order valence-electron chi connectivity index (χ2n) is 7.90. The average Bonchev–Trinajstić information content (AvgIpc) is 2.95. The van der Waals surface area contributed by atoms with Crippen molar-refractivity contribution in [3.05, 3.63) is 58.1 Å². The van der Waals surface area contributed by atoms with Crippen LogP contribution < -0.4 is 11.4 Å². The topological polar surface area (TPSA) is 155 Å². The normalized spacial score (nSPS) is 34.5. The van der Waals surface area contributed by atoms with Gasteiger partial charge in [-0.15, -0.1) is 0 Å². The van der Waals surface area contributed by atoms with Crippen molar-refractivity contribution >= 4 is 13.6 Å². The molecule has 2 fully saturated rings. The number of phosphoric acid groups is 1.